The number of esters is 1. The zero-order chi connectivity index (χ0) is 13.5. The molecule has 0 spiro atoms. The first kappa shape index (κ1) is 14.2. The molecule has 18 heavy (non-hydrogen) atoms. The molecule has 0 bridgehead atoms. The fourth-order valence-electron chi connectivity index (χ4n) is 1.72. The number of anilines is 1. The molecule has 0 saturated carbocycles. The smallest absolute Gasteiger partial charge is 0.306 e. The van der Waals surface area contributed by atoms with Crippen molar-refractivity contribution in [3.63, 3.8) is 0 Å². The van der Waals surface area contributed by atoms with Gasteiger partial charge in [-0.15, -0.1) is 0 Å². The van der Waals surface area contributed by atoms with E-state index in [1.54, 1.807) is 0 Å². The van der Waals surface area contributed by atoms with Gasteiger partial charge in [0.25, 0.3) is 0 Å². The standard InChI is InChI=1S/C14H19NO3/c1-4-11-7-5-6-10(2)14(11)15-12(16)8-9-13(17)18-3/h5-7H,4,8-9H2,1-3H3,(H,15,16). The highest BCUT2D eigenvalue weighted by Crippen LogP contribution is 2.21. The van der Waals surface area contributed by atoms with Crippen LogP contribution < -0.4 is 5.32 Å². The highest BCUT2D eigenvalue weighted by molar-refractivity contribution is 5.94. The van der Waals surface area contributed by atoms with E-state index < -0.39 is 0 Å². The molecule has 1 N–H and O–H groups in total. The molecule has 0 fully saturated rings. The number of benzene rings is 1. The first-order valence-electron chi connectivity index (χ1n) is 6.03. The minimum atomic E-state index is -0.370. The van der Waals surface area contributed by atoms with Crippen LogP contribution in [0.4, 0.5) is 5.69 Å². The van der Waals surface area contributed by atoms with E-state index in [9.17, 15) is 9.59 Å². The average molecular weight is 249 g/mol. The lowest BCUT2D eigenvalue weighted by molar-refractivity contribution is -0.141. The Morgan fingerprint density at radius 1 is 1.28 bits per heavy atom. The van der Waals surface area contributed by atoms with Gasteiger partial charge in [-0.3, -0.25) is 9.59 Å². The number of carbonyl (C=O) groups is 2. The van der Waals surface area contributed by atoms with Crippen molar-refractivity contribution in [2.75, 3.05) is 12.4 Å². The summed E-state index contributed by atoms with van der Waals surface area (Å²) in [5.41, 5.74) is 2.98. The van der Waals surface area contributed by atoms with Crippen LogP contribution in [0.5, 0.6) is 0 Å². The zero-order valence-corrected chi connectivity index (χ0v) is 11.1. The minimum absolute atomic E-state index is 0.107. The van der Waals surface area contributed by atoms with Gasteiger partial charge in [0.15, 0.2) is 0 Å². The van der Waals surface area contributed by atoms with E-state index in [2.05, 4.69) is 10.1 Å². The maximum absolute atomic E-state index is 11.7. The van der Waals surface area contributed by atoms with Crippen LogP contribution >= 0.6 is 0 Å². The fraction of sp³-hybridized carbons (Fsp3) is 0.429. The van der Waals surface area contributed by atoms with Crippen LogP contribution in [0.1, 0.15) is 30.9 Å². The van der Waals surface area contributed by atoms with Gasteiger partial charge in [-0.25, -0.2) is 0 Å². The Kier molecular flexibility index (Phi) is 5.36. The number of nitrogens with one attached hydrogen (secondary N) is 1. The molecule has 1 aromatic carbocycles. The van der Waals surface area contributed by atoms with Crippen molar-refractivity contribution in [3.05, 3.63) is 29.3 Å². The van der Waals surface area contributed by atoms with Crippen LogP contribution in [-0.4, -0.2) is 19.0 Å². The van der Waals surface area contributed by atoms with Crippen LogP contribution in [0.3, 0.4) is 0 Å². The number of para-hydroxylation sites is 1. The normalized spacial score (nSPS) is 9.94. The van der Waals surface area contributed by atoms with Crippen LogP contribution in [0.2, 0.25) is 0 Å². The Bertz CT molecular complexity index is 441. The van der Waals surface area contributed by atoms with Crippen molar-refractivity contribution in [2.45, 2.75) is 33.1 Å². The van der Waals surface area contributed by atoms with Crippen LogP contribution in [0, 0.1) is 6.92 Å². The topological polar surface area (TPSA) is 55.4 Å². The number of methoxy groups -OCH3 is 1. The van der Waals surface area contributed by atoms with Crippen molar-refractivity contribution < 1.29 is 14.3 Å². The molecule has 0 aliphatic rings. The molecular weight excluding hydrogens is 230 g/mol. The second-order valence-electron chi connectivity index (χ2n) is 4.09. The van der Waals surface area contributed by atoms with Gasteiger partial charge in [0, 0.05) is 12.1 Å². The summed E-state index contributed by atoms with van der Waals surface area (Å²) in [7, 11) is 1.32. The predicted octanol–water partition coefficient (Wildman–Crippen LogP) is 2.45. The van der Waals surface area contributed by atoms with E-state index in [1.807, 2.05) is 32.0 Å². The highest BCUT2D eigenvalue weighted by Gasteiger charge is 2.10. The summed E-state index contributed by atoms with van der Waals surface area (Å²) in [4.78, 5) is 22.7. The first-order chi connectivity index (χ1) is 8.58. The number of rotatable bonds is 5. The Balaban J connectivity index is 2.67. The van der Waals surface area contributed by atoms with Gasteiger partial charge in [0.05, 0.1) is 13.5 Å². The molecule has 98 valence electrons. The number of hydrogen-bond donors (Lipinski definition) is 1. The van der Waals surface area contributed by atoms with Gasteiger partial charge in [-0.05, 0) is 24.5 Å². The lowest BCUT2D eigenvalue weighted by Gasteiger charge is -2.12. The maximum Gasteiger partial charge on any atom is 0.306 e. The lowest BCUT2D eigenvalue weighted by Crippen LogP contribution is -2.15. The van der Waals surface area contributed by atoms with Gasteiger partial charge in [-0.1, -0.05) is 25.1 Å². The molecule has 1 aromatic rings. The summed E-state index contributed by atoms with van der Waals surface area (Å²) >= 11 is 0. The zero-order valence-electron chi connectivity index (χ0n) is 11.1. The molecule has 0 atom stereocenters. The number of hydrogen-bond acceptors (Lipinski definition) is 3. The van der Waals surface area contributed by atoms with E-state index in [-0.39, 0.29) is 24.7 Å². The largest absolute Gasteiger partial charge is 0.469 e. The molecule has 1 rings (SSSR count). The van der Waals surface area contributed by atoms with E-state index in [1.165, 1.54) is 7.11 Å². The predicted molar refractivity (Wildman–Crippen MR) is 70.4 cm³/mol. The molecular formula is C14H19NO3. The van der Waals surface area contributed by atoms with Gasteiger partial charge in [0.2, 0.25) is 5.91 Å². The second kappa shape index (κ2) is 6.79. The van der Waals surface area contributed by atoms with Crippen LogP contribution in [-0.2, 0) is 20.7 Å². The number of ether oxygens (including phenoxy) is 1. The van der Waals surface area contributed by atoms with Crippen molar-refractivity contribution in [2.24, 2.45) is 0 Å². The summed E-state index contributed by atoms with van der Waals surface area (Å²) in [6.07, 6.45) is 1.11. The fourth-order valence-corrected chi connectivity index (χ4v) is 1.72. The second-order valence-corrected chi connectivity index (χ2v) is 4.09. The number of amides is 1. The lowest BCUT2D eigenvalue weighted by atomic mass is 10.1. The summed E-state index contributed by atoms with van der Waals surface area (Å²) in [5, 5.41) is 2.86. The van der Waals surface area contributed by atoms with E-state index >= 15 is 0 Å². The molecule has 0 aromatic heterocycles. The van der Waals surface area contributed by atoms with E-state index in [4.69, 9.17) is 0 Å². The Hall–Kier alpha value is -1.84. The highest BCUT2D eigenvalue weighted by atomic mass is 16.5. The molecule has 0 radical (unpaired) electrons. The summed E-state index contributed by atoms with van der Waals surface area (Å²) in [5.74, 6) is -0.532. The Morgan fingerprint density at radius 2 is 2.00 bits per heavy atom. The van der Waals surface area contributed by atoms with Crippen LogP contribution in [0.25, 0.3) is 0 Å². The molecule has 0 heterocycles. The third-order valence-electron chi connectivity index (χ3n) is 2.79. The monoisotopic (exact) mass is 249 g/mol. The third-order valence-corrected chi connectivity index (χ3v) is 2.79. The van der Waals surface area contributed by atoms with Crippen molar-refractivity contribution in [1.82, 2.24) is 0 Å². The van der Waals surface area contributed by atoms with E-state index in [0.29, 0.717) is 0 Å². The molecule has 0 unspecified atom stereocenters. The van der Waals surface area contributed by atoms with Gasteiger partial charge >= 0.3 is 5.97 Å². The first-order valence-corrected chi connectivity index (χ1v) is 6.03. The molecule has 0 aliphatic carbocycles. The SMILES string of the molecule is CCc1cccc(C)c1NC(=O)CCC(=O)OC. The van der Waals surface area contributed by atoms with Crippen molar-refractivity contribution in [1.29, 1.82) is 0 Å². The molecule has 1 amide bonds. The molecule has 0 saturated heterocycles. The van der Waals surface area contributed by atoms with Gasteiger partial charge < -0.3 is 10.1 Å². The molecule has 0 aliphatic heterocycles. The average Bonchev–Trinajstić information content (AvgIpc) is 2.38. The van der Waals surface area contributed by atoms with Gasteiger partial charge in [-0.2, -0.15) is 0 Å². The quantitative estimate of drug-likeness (QED) is 0.815. The van der Waals surface area contributed by atoms with Gasteiger partial charge in [0.1, 0.15) is 0 Å². The third kappa shape index (κ3) is 3.87. The van der Waals surface area contributed by atoms with Crippen molar-refractivity contribution >= 4 is 17.6 Å². The maximum atomic E-state index is 11.7. The van der Waals surface area contributed by atoms with Crippen LogP contribution in [0.15, 0.2) is 18.2 Å². The summed E-state index contributed by atoms with van der Waals surface area (Å²) < 4.78 is 4.50. The summed E-state index contributed by atoms with van der Waals surface area (Å²) in [6.45, 7) is 3.99. The number of aryl methyl sites for hydroxylation is 2. The summed E-state index contributed by atoms with van der Waals surface area (Å²) in [6, 6.07) is 5.91. The Labute approximate surface area is 107 Å². The molecule has 4 heteroatoms. The van der Waals surface area contributed by atoms with E-state index in [0.717, 1.165) is 23.2 Å². The number of carbonyl (C=O) groups excluding carboxylic acids is 2. The molecule has 4 nitrogen and oxygen atoms in total. The Morgan fingerprint density at radius 3 is 2.61 bits per heavy atom. The van der Waals surface area contributed by atoms with Crippen molar-refractivity contribution in [3.8, 4) is 0 Å². The minimum Gasteiger partial charge on any atom is -0.469 e.